The highest BCUT2D eigenvalue weighted by Gasteiger charge is 2.15. The lowest BCUT2D eigenvalue weighted by Gasteiger charge is -2.17. The Hall–Kier alpha value is -1.00. The quantitative estimate of drug-likeness (QED) is 0.846. The number of halogens is 2. The van der Waals surface area contributed by atoms with Crippen LogP contribution in [0.5, 0.6) is 0 Å². The van der Waals surface area contributed by atoms with Crippen LogP contribution in [0.3, 0.4) is 0 Å². The Labute approximate surface area is 106 Å². The predicted octanol–water partition coefficient (Wildman–Crippen LogP) is 2.28. The van der Waals surface area contributed by atoms with Crippen molar-refractivity contribution in [3.63, 3.8) is 0 Å². The first-order valence-electron chi connectivity index (χ1n) is 6.44. The summed E-state index contributed by atoms with van der Waals surface area (Å²) < 4.78 is 24.2. The largest absolute Gasteiger partial charge is 0.386 e. The van der Waals surface area contributed by atoms with E-state index in [1.54, 1.807) is 0 Å². The number of alkyl halides is 2. The zero-order chi connectivity index (χ0) is 13.0. The zero-order valence-corrected chi connectivity index (χ0v) is 10.3. The van der Waals surface area contributed by atoms with Crippen molar-refractivity contribution >= 4 is 0 Å². The number of benzene rings is 1. The summed E-state index contributed by atoms with van der Waals surface area (Å²) in [6, 6.07) is 6.32. The van der Waals surface area contributed by atoms with E-state index in [1.807, 2.05) is 6.07 Å². The number of aliphatic hydroxyl groups is 1. The second kappa shape index (κ2) is 6.25. The topological polar surface area (TPSA) is 32.3 Å². The van der Waals surface area contributed by atoms with Gasteiger partial charge in [-0.15, -0.1) is 0 Å². The van der Waals surface area contributed by atoms with Crippen molar-refractivity contribution in [1.29, 1.82) is 0 Å². The standard InChI is InChI=1S/C14H19F2NO/c15-14(16)13(18)9-17-8-10-5-6-11-3-1-2-4-12(11)7-10/h5-7,13-14,17-18H,1-4,8-9H2. The van der Waals surface area contributed by atoms with Crippen LogP contribution in [0.4, 0.5) is 8.78 Å². The second-order valence-corrected chi connectivity index (χ2v) is 4.84. The van der Waals surface area contributed by atoms with Gasteiger partial charge in [-0.2, -0.15) is 0 Å². The van der Waals surface area contributed by atoms with Gasteiger partial charge in [0.15, 0.2) is 0 Å². The van der Waals surface area contributed by atoms with Gasteiger partial charge in [0.1, 0.15) is 6.10 Å². The monoisotopic (exact) mass is 255 g/mol. The molecule has 0 aliphatic heterocycles. The van der Waals surface area contributed by atoms with Crippen LogP contribution in [-0.2, 0) is 19.4 Å². The van der Waals surface area contributed by atoms with Crippen LogP contribution >= 0.6 is 0 Å². The third kappa shape index (κ3) is 3.50. The van der Waals surface area contributed by atoms with E-state index in [9.17, 15) is 8.78 Å². The first kappa shape index (κ1) is 13.4. The summed E-state index contributed by atoms with van der Waals surface area (Å²) in [5.74, 6) is 0. The Balaban J connectivity index is 1.86. The molecule has 2 N–H and O–H groups in total. The average Bonchev–Trinajstić information content (AvgIpc) is 2.38. The van der Waals surface area contributed by atoms with Crippen molar-refractivity contribution in [2.24, 2.45) is 0 Å². The normalized spacial score (nSPS) is 16.7. The average molecular weight is 255 g/mol. The van der Waals surface area contributed by atoms with E-state index in [-0.39, 0.29) is 6.54 Å². The molecule has 0 fully saturated rings. The predicted molar refractivity (Wildman–Crippen MR) is 66.8 cm³/mol. The van der Waals surface area contributed by atoms with Crippen LogP contribution < -0.4 is 5.32 Å². The minimum Gasteiger partial charge on any atom is -0.386 e. The highest BCUT2D eigenvalue weighted by Crippen LogP contribution is 2.22. The van der Waals surface area contributed by atoms with Crippen molar-refractivity contribution in [2.45, 2.75) is 44.8 Å². The molecule has 0 radical (unpaired) electrons. The third-order valence-electron chi connectivity index (χ3n) is 3.39. The lowest BCUT2D eigenvalue weighted by molar-refractivity contribution is -0.00340. The molecule has 1 aromatic carbocycles. The van der Waals surface area contributed by atoms with Gasteiger partial charge < -0.3 is 10.4 Å². The fourth-order valence-corrected chi connectivity index (χ4v) is 2.35. The van der Waals surface area contributed by atoms with Crippen molar-refractivity contribution in [1.82, 2.24) is 5.32 Å². The molecule has 100 valence electrons. The van der Waals surface area contributed by atoms with Gasteiger partial charge in [0, 0.05) is 13.1 Å². The number of hydrogen-bond donors (Lipinski definition) is 2. The Morgan fingerprint density at radius 3 is 2.61 bits per heavy atom. The fraction of sp³-hybridized carbons (Fsp3) is 0.571. The van der Waals surface area contributed by atoms with E-state index in [4.69, 9.17) is 5.11 Å². The van der Waals surface area contributed by atoms with Crippen molar-refractivity contribution < 1.29 is 13.9 Å². The van der Waals surface area contributed by atoms with Crippen molar-refractivity contribution in [3.8, 4) is 0 Å². The lowest BCUT2D eigenvalue weighted by atomic mass is 9.90. The molecular formula is C14H19F2NO. The summed E-state index contributed by atoms with van der Waals surface area (Å²) in [4.78, 5) is 0. The van der Waals surface area contributed by atoms with Crippen molar-refractivity contribution in [3.05, 3.63) is 34.9 Å². The molecular weight excluding hydrogens is 236 g/mol. The molecule has 0 saturated heterocycles. The minimum absolute atomic E-state index is 0.0747. The van der Waals surface area contributed by atoms with E-state index in [2.05, 4.69) is 17.4 Å². The maximum absolute atomic E-state index is 12.1. The number of aliphatic hydroxyl groups excluding tert-OH is 1. The molecule has 0 aromatic heterocycles. The van der Waals surface area contributed by atoms with E-state index < -0.39 is 12.5 Å². The number of fused-ring (bicyclic) bond motifs is 1. The second-order valence-electron chi connectivity index (χ2n) is 4.84. The summed E-state index contributed by atoms with van der Waals surface area (Å²) >= 11 is 0. The van der Waals surface area contributed by atoms with Gasteiger partial charge in [0.25, 0.3) is 6.43 Å². The summed E-state index contributed by atoms with van der Waals surface area (Å²) in [5.41, 5.74) is 3.89. The van der Waals surface area contributed by atoms with Gasteiger partial charge in [-0.25, -0.2) is 8.78 Å². The number of rotatable bonds is 5. The Bertz CT molecular complexity index is 395. The molecule has 4 heteroatoms. The number of aryl methyl sites for hydroxylation is 2. The molecule has 2 nitrogen and oxygen atoms in total. The number of nitrogens with one attached hydrogen (secondary N) is 1. The van der Waals surface area contributed by atoms with Crippen LogP contribution in [0, 0.1) is 0 Å². The maximum atomic E-state index is 12.1. The van der Waals surface area contributed by atoms with Gasteiger partial charge in [0.2, 0.25) is 0 Å². The van der Waals surface area contributed by atoms with Crippen LogP contribution in [0.15, 0.2) is 18.2 Å². The third-order valence-corrected chi connectivity index (χ3v) is 3.39. The smallest absolute Gasteiger partial charge is 0.265 e. The van der Waals surface area contributed by atoms with E-state index in [1.165, 1.54) is 24.0 Å². The van der Waals surface area contributed by atoms with Crippen LogP contribution in [-0.4, -0.2) is 24.2 Å². The molecule has 1 aliphatic carbocycles. The lowest BCUT2D eigenvalue weighted by Crippen LogP contribution is -2.31. The van der Waals surface area contributed by atoms with Gasteiger partial charge in [-0.3, -0.25) is 0 Å². The van der Waals surface area contributed by atoms with Gasteiger partial charge in [0.05, 0.1) is 0 Å². The fourth-order valence-electron chi connectivity index (χ4n) is 2.35. The van der Waals surface area contributed by atoms with Crippen molar-refractivity contribution in [2.75, 3.05) is 6.54 Å². The molecule has 1 aliphatic rings. The summed E-state index contributed by atoms with van der Waals surface area (Å²) in [6.07, 6.45) is 0.485. The minimum atomic E-state index is -2.68. The first-order chi connectivity index (χ1) is 8.66. The van der Waals surface area contributed by atoms with Crippen LogP contribution in [0.2, 0.25) is 0 Å². The SMILES string of the molecule is OC(CNCc1ccc2c(c1)CCCC2)C(F)F. The van der Waals surface area contributed by atoms with Gasteiger partial charge in [-0.1, -0.05) is 18.2 Å². The molecule has 0 bridgehead atoms. The molecule has 0 saturated carbocycles. The Morgan fingerprint density at radius 2 is 1.89 bits per heavy atom. The molecule has 1 aromatic rings. The molecule has 1 atom stereocenters. The summed E-state index contributed by atoms with van der Waals surface area (Å²) in [5, 5.41) is 11.8. The molecule has 0 amide bonds. The van der Waals surface area contributed by atoms with Crippen LogP contribution in [0.1, 0.15) is 29.5 Å². The molecule has 1 unspecified atom stereocenters. The van der Waals surface area contributed by atoms with E-state index in [0.717, 1.165) is 18.4 Å². The Kier molecular flexibility index (Phi) is 4.66. The van der Waals surface area contributed by atoms with Gasteiger partial charge in [-0.05, 0) is 42.4 Å². The molecule has 0 heterocycles. The maximum Gasteiger partial charge on any atom is 0.265 e. The molecule has 2 rings (SSSR count). The highest BCUT2D eigenvalue weighted by molar-refractivity contribution is 5.33. The van der Waals surface area contributed by atoms with Gasteiger partial charge >= 0.3 is 0 Å². The summed E-state index contributed by atoms with van der Waals surface area (Å²) in [7, 11) is 0. The Morgan fingerprint density at radius 1 is 1.17 bits per heavy atom. The van der Waals surface area contributed by atoms with E-state index in [0.29, 0.717) is 6.54 Å². The molecule has 0 spiro atoms. The van der Waals surface area contributed by atoms with Crippen LogP contribution in [0.25, 0.3) is 0 Å². The summed E-state index contributed by atoms with van der Waals surface area (Å²) in [6.45, 7) is 0.450. The first-order valence-corrected chi connectivity index (χ1v) is 6.44. The highest BCUT2D eigenvalue weighted by atomic mass is 19.3. The zero-order valence-electron chi connectivity index (χ0n) is 10.3. The van der Waals surface area contributed by atoms with E-state index >= 15 is 0 Å². The number of hydrogen-bond acceptors (Lipinski definition) is 2. The molecule has 18 heavy (non-hydrogen) atoms.